The Hall–Kier alpha value is -1.08. The summed E-state index contributed by atoms with van der Waals surface area (Å²) in [6, 6.07) is 1.86. The van der Waals surface area contributed by atoms with E-state index in [-0.39, 0.29) is 24.5 Å². The molecule has 0 radical (unpaired) electrons. The van der Waals surface area contributed by atoms with E-state index in [0.29, 0.717) is 13.1 Å². The SMILES string of the molecule is C[C@@H]1CN(C(=O)CC#N)C[C@H](C)O1. The lowest BCUT2D eigenvalue weighted by Gasteiger charge is -2.34. The van der Waals surface area contributed by atoms with Gasteiger partial charge in [0.15, 0.2) is 0 Å². The summed E-state index contributed by atoms with van der Waals surface area (Å²) in [5, 5.41) is 8.37. The second-order valence-corrected chi connectivity index (χ2v) is 3.39. The molecule has 0 saturated carbocycles. The number of carbonyl (C=O) groups is 1. The minimum absolute atomic E-state index is 0.0283. The molecule has 0 spiro atoms. The molecule has 0 aliphatic carbocycles. The molecule has 0 N–H and O–H groups in total. The molecule has 1 rings (SSSR count). The predicted octanol–water partition coefficient (Wildman–Crippen LogP) is 0.536. The minimum Gasteiger partial charge on any atom is -0.372 e. The fraction of sp³-hybridized carbons (Fsp3) is 0.778. The van der Waals surface area contributed by atoms with E-state index in [9.17, 15) is 4.79 Å². The van der Waals surface area contributed by atoms with Gasteiger partial charge in [-0.15, -0.1) is 0 Å². The number of ether oxygens (including phenoxy) is 1. The van der Waals surface area contributed by atoms with E-state index >= 15 is 0 Å². The Balaban J connectivity index is 2.50. The van der Waals surface area contributed by atoms with Gasteiger partial charge in [-0.25, -0.2) is 0 Å². The quantitative estimate of drug-likeness (QED) is 0.594. The van der Waals surface area contributed by atoms with E-state index in [0.717, 1.165) is 0 Å². The lowest BCUT2D eigenvalue weighted by Crippen LogP contribution is -2.48. The van der Waals surface area contributed by atoms with Crippen LogP contribution < -0.4 is 0 Å². The van der Waals surface area contributed by atoms with Crippen molar-refractivity contribution >= 4 is 5.91 Å². The standard InChI is InChI=1S/C9H14N2O2/c1-7-5-11(6-8(2)13-7)9(12)3-4-10/h7-8H,3,5-6H2,1-2H3/t7-,8+. The van der Waals surface area contributed by atoms with Crippen LogP contribution >= 0.6 is 0 Å². The van der Waals surface area contributed by atoms with E-state index < -0.39 is 0 Å². The first-order valence-electron chi connectivity index (χ1n) is 4.43. The molecule has 1 aliphatic rings. The second kappa shape index (κ2) is 4.24. The van der Waals surface area contributed by atoms with Crippen LogP contribution in [-0.4, -0.2) is 36.1 Å². The summed E-state index contributed by atoms with van der Waals surface area (Å²) in [5.41, 5.74) is 0. The maximum atomic E-state index is 11.3. The summed E-state index contributed by atoms with van der Waals surface area (Å²) in [5.74, 6) is -0.0931. The predicted molar refractivity (Wildman–Crippen MR) is 46.8 cm³/mol. The van der Waals surface area contributed by atoms with Gasteiger partial charge in [0.25, 0.3) is 0 Å². The number of hydrogen-bond donors (Lipinski definition) is 0. The molecule has 4 heteroatoms. The first-order chi connectivity index (χ1) is 6.13. The topological polar surface area (TPSA) is 53.3 Å². The van der Waals surface area contributed by atoms with E-state index in [1.807, 2.05) is 19.9 Å². The van der Waals surface area contributed by atoms with Crippen LogP contribution in [0.2, 0.25) is 0 Å². The summed E-state index contributed by atoms with van der Waals surface area (Å²) in [7, 11) is 0. The number of carbonyl (C=O) groups excluding carboxylic acids is 1. The van der Waals surface area contributed by atoms with Gasteiger partial charge in [-0.2, -0.15) is 5.26 Å². The Bertz CT molecular complexity index is 224. The van der Waals surface area contributed by atoms with Crippen molar-refractivity contribution in [1.82, 2.24) is 4.90 Å². The molecule has 1 aliphatic heterocycles. The molecule has 13 heavy (non-hydrogen) atoms. The third kappa shape index (κ3) is 2.71. The Kier molecular flexibility index (Phi) is 3.26. The van der Waals surface area contributed by atoms with Crippen molar-refractivity contribution in [3.63, 3.8) is 0 Å². The normalized spacial score (nSPS) is 28.2. The summed E-state index contributed by atoms with van der Waals surface area (Å²) >= 11 is 0. The Morgan fingerprint density at radius 2 is 2.08 bits per heavy atom. The molecule has 0 aromatic heterocycles. The zero-order valence-corrected chi connectivity index (χ0v) is 7.99. The van der Waals surface area contributed by atoms with Crippen molar-refractivity contribution in [2.45, 2.75) is 32.5 Å². The maximum absolute atomic E-state index is 11.3. The molecular formula is C9H14N2O2. The largest absolute Gasteiger partial charge is 0.372 e. The highest BCUT2D eigenvalue weighted by atomic mass is 16.5. The maximum Gasteiger partial charge on any atom is 0.236 e. The Morgan fingerprint density at radius 3 is 2.54 bits per heavy atom. The molecule has 2 atom stereocenters. The molecular weight excluding hydrogens is 168 g/mol. The van der Waals surface area contributed by atoms with Gasteiger partial charge in [0.1, 0.15) is 6.42 Å². The molecule has 1 amide bonds. The van der Waals surface area contributed by atoms with Crippen LogP contribution in [0.3, 0.4) is 0 Å². The average Bonchev–Trinajstić information content (AvgIpc) is 2.03. The third-order valence-corrected chi connectivity index (χ3v) is 2.00. The van der Waals surface area contributed by atoms with Gasteiger partial charge >= 0.3 is 0 Å². The first-order valence-corrected chi connectivity index (χ1v) is 4.43. The second-order valence-electron chi connectivity index (χ2n) is 3.39. The highest BCUT2D eigenvalue weighted by Gasteiger charge is 2.25. The molecule has 4 nitrogen and oxygen atoms in total. The van der Waals surface area contributed by atoms with Crippen molar-refractivity contribution in [3.8, 4) is 6.07 Å². The van der Waals surface area contributed by atoms with Gasteiger partial charge in [-0.05, 0) is 13.8 Å². The molecule has 1 heterocycles. The third-order valence-electron chi connectivity index (χ3n) is 2.00. The van der Waals surface area contributed by atoms with Crippen LogP contribution in [0.5, 0.6) is 0 Å². The van der Waals surface area contributed by atoms with Crippen LogP contribution in [0.25, 0.3) is 0 Å². The molecule has 0 aromatic carbocycles. The molecule has 1 fully saturated rings. The summed E-state index contributed by atoms with van der Waals surface area (Å²) < 4.78 is 5.47. The minimum atomic E-state index is -0.0931. The van der Waals surface area contributed by atoms with Crippen molar-refractivity contribution in [3.05, 3.63) is 0 Å². The summed E-state index contributed by atoms with van der Waals surface area (Å²) in [6.07, 6.45) is 0.122. The van der Waals surface area contributed by atoms with E-state index in [4.69, 9.17) is 10.00 Å². The number of nitrogens with zero attached hydrogens (tertiary/aromatic N) is 2. The van der Waals surface area contributed by atoms with Gasteiger partial charge in [-0.1, -0.05) is 0 Å². The van der Waals surface area contributed by atoms with Crippen molar-refractivity contribution in [2.24, 2.45) is 0 Å². The van der Waals surface area contributed by atoms with Gasteiger partial charge in [0.2, 0.25) is 5.91 Å². The number of hydrogen-bond acceptors (Lipinski definition) is 3. The Labute approximate surface area is 78.1 Å². The van der Waals surface area contributed by atoms with Crippen molar-refractivity contribution in [1.29, 1.82) is 5.26 Å². The Morgan fingerprint density at radius 1 is 1.54 bits per heavy atom. The van der Waals surface area contributed by atoms with Gasteiger partial charge in [-0.3, -0.25) is 4.79 Å². The van der Waals surface area contributed by atoms with Gasteiger partial charge in [0.05, 0.1) is 18.3 Å². The molecule has 0 aromatic rings. The van der Waals surface area contributed by atoms with Crippen LogP contribution in [-0.2, 0) is 9.53 Å². The lowest BCUT2D eigenvalue weighted by atomic mass is 10.2. The average molecular weight is 182 g/mol. The van der Waals surface area contributed by atoms with E-state index in [2.05, 4.69) is 0 Å². The van der Waals surface area contributed by atoms with Crippen molar-refractivity contribution < 1.29 is 9.53 Å². The van der Waals surface area contributed by atoms with Crippen molar-refractivity contribution in [2.75, 3.05) is 13.1 Å². The van der Waals surface area contributed by atoms with Crippen LogP contribution in [0.15, 0.2) is 0 Å². The van der Waals surface area contributed by atoms with Gasteiger partial charge in [0, 0.05) is 13.1 Å². The lowest BCUT2D eigenvalue weighted by molar-refractivity contribution is -0.142. The fourth-order valence-electron chi connectivity index (χ4n) is 1.56. The number of nitriles is 1. The van der Waals surface area contributed by atoms with E-state index in [1.165, 1.54) is 0 Å². The van der Waals surface area contributed by atoms with E-state index in [1.54, 1.807) is 4.90 Å². The first kappa shape index (κ1) is 10.0. The van der Waals surface area contributed by atoms with Crippen LogP contribution in [0.4, 0.5) is 0 Å². The molecule has 1 saturated heterocycles. The molecule has 0 bridgehead atoms. The zero-order valence-electron chi connectivity index (χ0n) is 7.99. The molecule has 0 unspecified atom stereocenters. The number of morpholine rings is 1. The highest BCUT2D eigenvalue weighted by molar-refractivity contribution is 5.78. The summed E-state index contributed by atoms with van der Waals surface area (Å²) in [4.78, 5) is 13.0. The number of rotatable bonds is 1. The van der Waals surface area contributed by atoms with Crippen LogP contribution in [0.1, 0.15) is 20.3 Å². The molecule has 72 valence electrons. The zero-order chi connectivity index (χ0) is 9.84. The van der Waals surface area contributed by atoms with Crippen LogP contribution in [0, 0.1) is 11.3 Å². The fourth-order valence-corrected chi connectivity index (χ4v) is 1.56. The highest BCUT2D eigenvalue weighted by Crippen LogP contribution is 2.11. The smallest absolute Gasteiger partial charge is 0.236 e. The number of amides is 1. The monoisotopic (exact) mass is 182 g/mol. The summed E-state index contributed by atoms with van der Waals surface area (Å²) in [6.45, 7) is 5.07. The van der Waals surface area contributed by atoms with Gasteiger partial charge < -0.3 is 9.64 Å².